The van der Waals surface area contributed by atoms with Crippen LogP contribution < -0.4 is 0 Å². The third kappa shape index (κ3) is 3.62. The lowest BCUT2D eigenvalue weighted by Gasteiger charge is -2.24. The number of aryl methyl sites for hydroxylation is 2. The number of para-hydroxylation sites is 1. The third-order valence-corrected chi connectivity index (χ3v) is 7.05. The number of methoxy groups -OCH3 is 1. The van der Waals surface area contributed by atoms with Crippen LogP contribution in [0, 0.1) is 13.8 Å². The van der Waals surface area contributed by atoms with Gasteiger partial charge in [-0.3, -0.25) is 0 Å². The molecular weight excluding hydrogens is 460 g/mol. The highest BCUT2D eigenvalue weighted by Gasteiger charge is 2.29. The topological polar surface area (TPSA) is 57.3 Å². The molecule has 0 atom stereocenters. The average molecular weight is 487 g/mol. The molecule has 37 heavy (non-hydrogen) atoms. The molecule has 0 aliphatic heterocycles. The van der Waals surface area contributed by atoms with Gasteiger partial charge in [-0.1, -0.05) is 90.1 Å². The van der Waals surface area contributed by atoms with E-state index in [1.54, 1.807) is 0 Å². The van der Waals surface area contributed by atoms with Gasteiger partial charge in [0.25, 0.3) is 0 Å². The molecule has 6 rings (SSSR count). The highest BCUT2D eigenvalue weighted by atomic mass is 16.5. The van der Waals surface area contributed by atoms with Crippen molar-refractivity contribution in [3.8, 4) is 11.1 Å². The SMILES string of the molecule is COC(=O)c1ccc2c3ccccc3n(C(c3ccccc3)c3ccccc3)c2c1-c1c(C)noc1C. The molecule has 0 N–H and O–H groups in total. The molecule has 0 bridgehead atoms. The zero-order valence-electron chi connectivity index (χ0n) is 20.9. The second-order valence-corrected chi connectivity index (χ2v) is 9.19. The van der Waals surface area contributed by atoms with E-state index >= 15 is 0 Å². The summed E-state index contributed by atoms with van der Waals surface area (Å²) in [6.45, 7) is 3.79. The lowest BCUT2D eigenvalue weighted by molar-refractivity contribution is 0.0601. The summed E-state index contributed by atoms with van der Waals surface area (Å²) in [6.07, 6.45) is 0. The maximum atomic E-state index is 13.1. The molecule has 0 spiro atoms. The first kappa shape index (κ1) is 22.8. The van der Waals surface area contributed by atoms with Gasteiger partial charge in [-0.25, -0.2) is 4.79 Å². The molecular formula is C32H26N2O3. The minimum absolute atomic E-state index is 0.142. The fourth-order valence-corrected chi connectivity index (χ4v) is 5.49. The van der Waals surface area contributed by atoms with E-state index in [0.29, 0.717) is 11.3 Å². The van der Waals surface area contributed by atoms with Gasteiger partial charge in [0.15, 0.2) is 0 Å². The van der Waals surface area contributed by atoms with Crippen molar-refractivity contribution in [3.63, 3.8) is 0 Å². The molecule has 2 aromatic heterocycles. The second kappa shape index (κ2) is 9.10. The average Bonchev–Trinajstić information content (AvgIpc) is 3.45. The lowest BCUT2D eigenvalue weighted by atomic mass is 9.93. The molecule has 0 fully saturated rings. The maximum Gasteiger partial charge on any atom is 0.338 e. The summed E-state index contributed by atoms with van der Waals surface area (Å²) in [5.41, 5.74) is 7.09. The van der Waals surface area contributed by atoms with E-state index in [-0.39, 0.29) is 6.04 Å². The largest absolute Gasteiger partial charge is 0.465 e. The van der Waals surface area contributed by atoms with Crippen molar-refractivity contribution in [2.45, 2.75) is 19.9 Å². The number of rotatable bonds is 5. The van der Waals surface area contributed by atoms with E-state index in [1.165, 1.54) is 7.11 Å². The Balaban J connectivity index is 1.85. The van der Waals surface area contributed by atoms with Gasteiger partial charge in [-0.05, 0) is 37.1 Å². The van der Waals surface area contributed by atoms with Crippen LogP contribution >= 0.6 is 0 Å². The van der Waals surface area contributed by atoms with Crippen LogP contribution in [0.2, 0.25) is 0 Å². The first-order chi connectivity index (χ1) is 18.1. The summed E-state index contributed by atoms with van der Waals surface area (Å²) in [4.78, 5) is 13.1. The summed E-state index contributed by atoms with van der Waals surface area (Å²) in [5, 5.41) is 6.40. The van der Waals surface area contributed by atoms with E-state index in [2.05, 4.69) is 82.5 Å². The van der Waals surface area contributed by atoms with Crippen LogP contribution in [0.1, 0.15) is 39.0 Å². The van der Waals surface area contributed by atoms with Crippen LogP contribution in [0.25, 0.3) is 32.9 Å². The zero-order valence-corrected chi connectivity index (χ0v) is 20.9. The van der Waals surface area contributed by atoms with Gasteiger partial charge in [0.05, 0.1) is 35.5 Å². The fourth-order valence-electron chi connectivity index (χ4n) is 5.49. The normalized spacial score (nSPS) is 11.5. The number of hydrogen-bond donors (Lipinski definition) is 0. The molecule has 0 saturated heterocycles. The van der Waals surface area contributed by atoms with Gasteiger partial charge in [-0.2, -0.15) is 0 Å². The van der Waals surface area contributed by atoms with E-state index in [1.807, 2.05) is 38.1 Å². The molecule has 0 unspecified atom stereocenters. The second-order valence-electron chi connectivity index (χ2n) is 9.19. The van der Waals surface area contributed by atoms with Crippen LogP contribution in [0.15, 0.2) is 102 Å². The molecule has 0 aliphatic rings. The van der Waals surface area contributed by atoms with Gasteiger partial charge in [0, 0.05) is 21.9 Å². The smallest absolute Gasteiger partial charge is 0.338 e. The monoisotopic (exact) mass is 486 g/mol. The van der Waals surface area contributed by atoms with Gasteiger partial charge in [0.2, 0.25) is 0 Å². The van der Waals surface area contributed by atoms with Crippen LogP contribution in [-0.4, -0.2) is 22.8 Å². The molecule has 6 aromatic rings. The molecule has 5 nitrogen and oxygen atoms in total. The van der Waals surface area contributed by atoms with Crippen LogP contribution in [0.5, 0.6) is 0 Å². The molecule has 0 aliphatic carbocycles. The number of hydrogen-bond acceptors (Lipinski definition) is 4. The lowest BCUT2D eigenvalue weighted by Crippen LogP contribution is -2.14. The van der Waals surface area contributed by atoms with E-state index in [4.69, 9.17) is 9.26 Å². The highest BCUT2D eigenvalue weighted by Crippen LogP contribution is 2.44. The first-order valence-electron chi connectivity index (χ1n) is 12.3. The Morgan fingerprint density at radius 3 is 2.00 bits per heavy atom. The Hall–Kier alpha value is -4.64. The number of fused-ring (bicyclic) bond motifs is 3. The van der Waals surface area contributed by atoms with Crippen molar-refractivity contribution >= 4 is 27.8 Å². The summed E-state index contributed by atoms with van der Waals surface area (Å²) in [7, 11) is 1.41. The van der Waals surface area contributed by atoms with Crippen LogP contribution in [-0.2, 0) is 4.74 Å². The molecule has 0 saturated carbocycles. The minimum atomic E-state index is -0.398. The number of aromatic nitrogens is 2. The maximum absolute atomic E-state index is 13.1. The minimum Gasteiger partial charge on any atom is -0.465 e. The number of nitrogens with zero attached hydrogens (tertiary/aromatic N) is 2. The highest BCUT2D eigenvalue weighted by molar-refractivity contribution is 6.17. The number of ether oxygens (including phenoxy) is 1. The third-order valence-electron chi connectivity index (χ3n) is 7.05. The molecule has 4 aromatic carbocycles. The summed E-state index contributed by atoms with van der Waals surface area (Å²) >= 11 is 0. The Bertz CT molecular complexity index is 1690. The number of esters is 1. The number of carbonyl (C=O) groups excluding carboxylic acids is 1. The Morgan fingerprint density at radius 1 is 0.784 bits per heavy atom. The van der Waals surface area contributed by atoms with Crippen molar-refractivity contribution in [2.24, 2.45) is 0 Å². The Morgan fingerprint density at radius 2 is 1.41 bits per heavy atom. The standard InChI is InChI=1S/C32H26N2O3/c1-20-28(21(2)37-33-20)29-26(32(35)36-3)19-18-25-24-16-10-11-17-27(24)34(31(25)29)30(22-12-6-4-7-13-22)23-14-8-5-9-15-23/h4-19,30H,1-3H3. The molecule has 5 heteroatoms. The quantitative estimate of drug-likeness (QED) is 0.237. The predicted molar refractivity (Wildman–Crippen MR) is 146 cm³/mol. The van der Waals surface area contributed by atoms with Crippen LogP contribution in [0.3, 0.4) is 0 Å². The van der Waals surface area contributed by atoms with Gasteiger partial charge < -0.3 is 13.8 Å². The molecule has 182 valence electrons. The van der Waals surface area contributed by atoms with E-state index < -0.39 is 5.97 Å². The summed E-state index contributed by atoms with van der Waals surface area (Å²) in [6, 6.07) is 33.0. The van der Waals surface area contributed by atoms with Crippen LogP contribution in [0.4, 0.5) is 0 Å². The van der Waals surface area contributed by atoms with Gasteiger partial charge >= 0.3 is 5.97 Å². The molecule has 0 radical (unpaired) electrons. The van der Waals surface area contributed by atoms with Gasteiger partial charge in [0.1, 0.15) is 5.76 Å². The van der Waals surface area contributed by atoms with Crippen molar-refractivity contribution in [1.29, 1.82) is 0 Å². The summed E-state index contributed by atoms with van der Waals surface area (Å²) < 4.78 is 13.2. The molecule has 0 amide bonds. The summed E-state index contributed by atoms with van der Waals surface area (Å²) in [5.74, 6) is 0.257. The Labute approximate surface area is 214 Å². The van der Waals surface area contributed by atoms with E-state index in [0.717, 1.165) is 49.8 Å². The predicted octanol–water partition coefficient (Wildman–Crippen LogP) is 7.49. The van der Waals surface area contributed by atoms with Crippen molar-refractivity contribution in [3.05, 3.63) is 125 Å². The van der Waals surface area contributed by atoms with Crippen molar-refractivity contribution < 1.29 is 14.1 Å². The fraction of sp³-hybridized carbons (Fsp3) is 0.125. The Kier molecular flexibility index (Phi) is 5.61. The van der Waals surface area contributed by atoms with E-state index in [9.17, 15) is 4.79 Å². The number of carbonyl (C=O) groups is 1. The van der Waals surface area contributed by atoms with Gasteiger partial charge in [-0.15, -0.1) is 0 Å². The molecule has 2 heterocycles. The van der Waals surface area contributed by atoms with Crippen molar-refractivity contribution in [1.82, 2.24) is 9.72 Å². The number of benzene rings is 4. The zero-order chi connectivity index (χ0) is 25.5. The first-order valence-corrected chi connectivity index (χ1v) is 12.3. The van der Waals surface area contributed by atoms with Crippen molar-refractivity contribution in [2.75, 3.05) is 7.11 Å².